The van der Waals surface area contributed by atoms with Crippen LogP contribution in [0.3, 0.4) is 0 Å². The third kappa shape index (κ3) is 4.15. The van der Waals surface area contributed by atoms with Crippen molar-refractivity contribution in [2.75, 3.05) is 17.0 Å². The fourth-order valence-corrected chi connectivity index (χ4v) is 3.99. The molecular formula is C25H20FN3O5. The molecule has 5 rings (SSSR count). The van der Waals surface area contributed by atoms with Crippen molar-refractivity contribution in [1.82, 2.24) is 4.90 Å². The summed E-state index contributed by atoms with van der Waals surface area (Å²) in [5.41, 5.74) is 1.55. The van der Waals surface area contributed by atoms with E-state index < -0.39 is 29.7 Å². The molecule has 0 unspecified atom stereocenters. The molecule has 8 nitrogen and oxygen atoms in total. The summed E-state index contributed by atoms with van der Waals surface area (Å²) < 4.78 is 23.9. The lowest BCUT2D eigenvalue weighted by Crippen LogP contribution is -2.37. The number of nitrogens with one attached hydrogen (secondary N) is 1. The van der Waals surface area contributed by atoms with E-state index in [4.69, 9.17) is 9.47 Å². The molecule has 1 saturated heterocycles. The summed E-state index contributed by atoms with van der Waals surface area (Å²) in [6, 6.07) is 17.6. The maximum absolute atomic E-state index is 13.3. The average molecular weight is 461 g/mol. The Morgan fingerprint density at radius 1 is 0.971 bits per heavy atom. The van der Waals surface area contributed by atoms with Gasteiger partial charge in [0.2, 0.25) is 12.7 Å². The summed E-state index contributed by atoms with van der Waals surface area (Å²) in [5, 5.41) is 2.65. The molecule has 1 fully saturated rings. The fourth-order valence-electron chi connectivity index (χ4n) is 3.99. The Balaban J connectivity index is 1.40. The molecule has 0 radical (unpaired) electrons. The zero-order chi connectivity index (χ0) is 23.7. The number of benzene rings is 3. The van der Waals surface area contributed by atoms with E-state index in [1.165, 1.54) is 29.2 Å². The minimum atomic E-state index is -1.02. The predicted octanol–water partition coefficient (Wildman–Crippen LogP) is 3.92. The lowest BCUT2D eigenvalue weighted by molar-refractivity contribution is -0.124. The number of urea groups is 1. The molecule has 4 amide bonds. The van der Waals surface area contributed by atoms with Crippen LogP contribution < -0.4 is 19.7 Å². The van der Waals surface area contributed by atoms with Gasteiger partial charge in [0.15, 0.2) is 11.5 Å². The number of imide groups is 1. The quantitative estimate of drug-likeness (QED) is 0.562. The second kappa shape index (κ2) is 8.86. The number of hydrogen-bond donors (Lipinski definition) is 1. The SMILES string of the molecule is O=C(C[C@H]1C(=O)N(c2ccccc2)C(=O)N1Cc1ccc2c(c1)OCO2)Nc1ccc(F)cc1. The number of amides is 4. The number of anilines is 2. The number of carbonyl (C=O) groups is 3. The smallest absolute Gasteiger partial charge is 0.332 e. The molecule has 2 aliphatic heterocycles. The first-order valence-electron chi connectivity index (χ1n) is 10.6. The van der Waals surface area contributed by atoms with Gasteiger partial charge < -0.3 is 19.7 Å². The molecule has 0 aromatic heterocycles. The molecular weight excluding hydrogens is 441 g/mol. The van der Waals surface area contributed by atoms with Gasteiger partial charge in [-0.3, -0.25) is 9.59 Å². The number of halogens is 1. The second-order valence-corrected chi connectivity index (χ2v) is 7.88. The molecule has 0 spiro atoms. The van der Waals surface area contributed by atoms with Crippen LogP contribution in [-0.4, -0.2) is 35.6 Å². The lowest BCUT2D eigenvalue weighted by Gasteiger charge is -2.22. The van der Waals surface area contributed by atoms with Gasteiger partial charge in [0.05, 0.1) is 12.1 Å². The van der Waals surface area contributed by atoms with E-state index in [0.29, 0.717) is 22.9 Å². The van der Waals surface area contributed by atoms with Crippen LogP contribution in [0, 0.1) is 5.82 Å². The van der Waals surface area contributed by atoms with E-state index in [2.05, 4.69) is 5.32 Å². The Kier molecular flexibility index (Phi) is 5.59. The van der Waals surface area contributed by atoms with Gasteiger partial charge in [-0.2, -0.15) is 0 Å². The highest BCUT2D eigenvalue weighted by Crippen LogP contribution is 2.34. The van der Waals surface area contributed by atoms with Gasteiger partial charge in [-0.05, 0) is 54.1 Å². The minimum Gasteiger partial charge on any atom is -0.454 e. The zero-order valence-corrected chi connectivity index (χ0v) is 17.9. The largest absolute Gasteiger partial charge is 0.454 e. The van der Waals surface area contributed by atoms with E-state index in [1.807, 2.05) is 0 Å². The molecule has 172 valence electrons. The molecule has 1 atom stereocenters. The van der Waals surface area contributed by atoms with Crippen molar-refractivity contribution in [2.45, 2.75) is 19.0 Å². The first-order valence-corrected chi connectivity index (χ1v) is 10.6. The summed E-state index contributed by atoms with van der Waals surface area (Å²) in [5.74, 6) is -0.229. The number of para-hydroxylation sites is 1. The van der Waals surface area contributed by atoms with Crippen LogP contribution in [0.1, 0.15) is 12.0 Å². The van der Waals surface area contributed by atoms with E-state index in [-0.39, 0.29) is 19.8 Å². The van der Waals surface area contributed by atoms with Gasteiger partial charge in [0, 0.05) is 12.2 Å². The summed E-state index contributed by atoms with van der Waals surface area (Å²) in [6.07, 6.45) is -0.254. The Hall–Kier alpha value is -4.40. The number of nitrogens with zero attached hydrogens (tertiary/aromatic N) is 2. The Bertz CT molecular complexity index is 1250. The van der Waals surface area contributed by atoms with Crippen LogP contribution in [-0.2, 0) is 16.1 Å². The van der Waals surface area contributed by atoms with Crippen molar-refractivity contribution in [3.05, 3.63) is 84.2 Å². The van der Waals surface area contributed by atoms with E-state index in [9.17, 15) is 18.8 Å². The van der Waals surface area contributed by atoms with Gasteiger partial charge in [0.1, 0.15) is 11.9 Å². The van der Waals surface area contributed by atoms with Crippen LogP contribution in [0.2, 0.25) is 0 Å². The van der Waals surface area contributed by atoms with Crippen molar-refractivity contribution in [3.63, 3.8) is 0 Å². The zero-order valence-electron chi connectivity index (χ0n) is 17.9. The van der Waals surface area contributed by atoms with Crippen molar-refractivity contribution in [1.29, 1.82) is 0 Å². The predicted molar refractivity (Wildman–Crippen MR) is 121 cm³/mol. The van der Waals surface area contributed by atoms with Crippen LogP contribution in [0.4, 0.5) is 20.6 Å². The molecule has 3 aromatic rings. The normalized spacial score (nSPS) is 16.8. The summed E-state index contributed by atoms with van der Waals surface area (Å²) in [4.78, 5) is 41.9. The Morgan fingerprint density at radius 3 is 2.47 bits per heavy atom. The first-order chi connectivity index (χ1) is 16.5. The van der Waals surface area contributed by atoms with Crippen molar-refractivity contribution < 1.29 is 28.2 Å². The first kappa shape index (κ1) is 21.4. The van der Waals surface area contributed by atoms with E-state index in [0.717, 1.165) is 10.5 Å². The van der Waals surface area contributed by atoms with Crippen LogP contribution in [0.25, 0.3) is 0 Å². The molecule has 3 aromatic carbocycles. The topological polar surface area (TPSA) is 88.2 Å². The molecule has 0 saturated carbocycles. The van der Waals surface area contributed by atoms with Gasteiger partial charge in [-0.25, -0.2) is 14.1 Å². The van der Waals surface area contributed by atoms with Crippen molar-refractivity contribution >= 4 is 29.2 Å². The van der Waals surface area contributed by atoms with E-state index >= 15 is 0 Å². The van der Waals surface area contributed by atoms with Gasteiger partial charge >= 0.3 is 6.03 Å². The number of rotatable bonds is 6. The minimum absolute atomic E-state index is 0.0963. The standard InChI is InChI=1S/C25H20FN3O5/c26-17-7-9-18(10-8-17)27-23(30)13-20-24(31)29(19-4-2-1-3-5-19)25(32)28(20)14-16-6-11-21-22(12-16)34-15-33-21/h1-12,20H,13-15H2,(H,27,30)/t20-/m0/s1. The Morgan fingerprint density at radius 2 is 1.71 bits per heavy atom. The van der Waals surface area contributed by atoms with Gasteiger partial charge in [0.25, 0.3) is 5.91 Å². The maximum Gasteiger partial charge on any atom is 0.332 e. The van der Waals surface area contributed by atoms with Gasteiger partial charge in [-0.1, -0.05) is 24.3 Å². The lowest BCUT2D eigenvalue weighted by atomic mass is 10.1. The van der Waals surface area contributed by atoms with Crippen LogP contribution >= 0.6 is 0 Å². The van der Waals surface area contributed by atoms with Crippen LogP contribution in [0.5, 0.6) is 11.5 Å². The summed E-state index contributed by atoms with van der Waals surface area (Å²) in [7, 11) is 0. The number of carbonyl (C=O) groups excluding carboxylic acids is 3. The third-order valence-electron chi connectivity index (χ3n) is 5.63. The average Bonchev–Trinajstić information content (AvgIpc) is 3.39. The summed E-state index contributed by atoms with van der Waals surface area (Å²) >= 11 is 0. The highest BCUT2D eigenvalue weighted by Gasteiger charge is 2.46. The monoisotopic (exact) mass is 461 g/mol. The number of hydrogen-bond acceptors (Lipinski definition) is 5. The highest BCUT2D eigenvalue weighted by atomic mass is 19.1. The number of ether oxygens (including phenoxy) is 2. The highest BCUT2D eigenvalue weighted by molar-refractivity contribution is 6.22. The molecule has 9 heteroatoms. The maximum atomic E-state index is 13.3. The Labute approximate surface area is 194 Å². The molecule has 34 heavy (non-hydrogen) atoms. The number of fused-ring (bicyclic) bond motifs is 1. The molecule has 2 aliphatic rings. The van der Waals surface area contributed by atoms with Crippen LogP contribution in [0.15, 0.2) is 72.8 Å². The second-order valence-electron chi connectivity index (χ2n) is 7.88. The molecule has 0 aliphatic carbocycles. The molecule has 2 heterocycles. The third-order valence-corrected chi connectivity index (χ3v) is 5.63. The fraction of sp³-hybridized carbons (Fsp3) is 0.160. The van der Waals surface area contributed by atoms with Crippen molar-refractivity contribution in [3.8, 4) is 11.5 Å². The molecule has 0 bridgehead atoms. The molecule has 1 N–H and O–H groups in total. The van der Waals surface area contributed by atoms with Crippen molar-refractivity contribution in [2.24, 2.45) is 0 Å². The summed E-state index contributed by atoms with van der Waals surface area (Å²) in [6.45, 7) is 0.215. The van der Waals surface area contributed by atoms with Gasteiger partial charge in [-0.15, -0.1) is 0 Å². The van der Waals surface area contributed by atoms with E-state index in [1.54, 1.807) is 48.5 Å².